The lowest BCUT2D eigenvalue weighted by Gasteiger charge is -2.28. The fourth-order valence-electron chi connectivity index (χ4n) is 1.33. The van der Waals surface area contributed by atoms with Crippen molar-refractivity contribution < 1.29 is 4.70 Å². The summed E-state index contributed by atoms with van der Waals surface area (Å²) in [5.41, 5.74) is 0. The first kappa shape index (κ1) is 12.6. The molecule has 2 heteroatoms. The van der Waals surface area contributed by atoms with Crippen LogP contribution in [0, 0.1) is 0 Å². The molecule has 0 radical (unpaired) electrons. The van der Waals surface area contributed by atoms with Crippen LogP contribution in [-0.4, -0.2) is 23.5 Å². The molecular weight excluding hydrogens is 129 g/mol. The van der Waals surface area contributed by atoms with Crippen molar-refractivity contribution in [1.29, 1.82) is 0 Å². The van der Waals surface area contributed by atoms with E-state index in [1.807, 2.05) is 0 Å². The van der Waals surface area contributed by atoms with Crippen molar-refractivity contribution in [3.05, 3.63) is 0 Å². The molecule has 0 aromatic carbocycles. The minimum Gasteiger partial charge on any atom is -0.299 e. The van der Waals surface area contributed by atoms with E-state index in [0.29, 0.717) is 12.1 Å². The topological polar surface area (TPSA) is 3.24 Å². The highest BCUT2D eigenvalue weighted by molar-refractivity contribution is 4.64. The van der Waals surface area contributed by atoms with Crippen LogP contribution in [0.15, 0.2) is 0 Å². The maximum absolute atomic E-state index is 2.46. The monoisotopic (exact) mass is 149 g/mol. The molecule has 0 bridgehead atoms. The molecule has 0 N–H and O–H groups in total. The summed E-state index contributed by atoms with van der Waals surface area (Å²) in [4.78, 5) is 2.46. The van der Waals surface area contributed by atoms with Crippen LogP contribution in [0.3, 0.4) is 0 Å². The molecule has 0 spiro atoms. The number of halogens is 1. The number of hydrogen-bond acceptors (Lipinski definition) is 1. The van der Waals surface area contributed by atoms with Gasteiger partial charge in [-0.1, -0.05) is 6.92 Å². The van der Waals surface area contributed by atoms with Crippen LogP contribution in [0.1, 0.15) is 34.6 Å². The van der Waals surface area contributed by atoms with Gasteiger partial charge in [-0.2, -0.15) is 0 Å². The van der Waals surface area contributed by atoms with Crippen molar-refractivity contribution in [3.8, 4) is 0 Å². The standard InChI is InChI=1S/C8H19N.FH/c1-6-9(7(2)3)8(4)5;/h7-8H,6H2,1-5H3;1H. The zero-order chi connectivity index (χ0) is 7.44. The maximum atomic E-state index is 2.46. The summed E-state index contributed by atoms with van der Waals surface area (Å²) >= 11 is 0. The Balaban J connectivity index is 0. The molecule has 0 aromatic rings. The second kappa shape index (κ2) is 5.66. The summed E-state index contributed by atoms with van der Waals surface area (Å²) in [6.45, 7) is 12.3. The van der Waals surface area contributed by atoms with Crippen LogP contribution in [-0.2, 0) is 0 Å². The Morgan fingerprint density at radius 3 is 1.30 bits per heavy atom. The molecule has 0 aliphatic rings. The second-order valence-corrected chi connectivity index (χ2v) is 3.02. The highest BCUT2D eigenvalue weighted by Crippen LogP contribution is 2.02. The lowest BCUT2D eigenvalue weighted by molar-refractivity contribution is 0.185. The van der Waals surface area contributed by atoms with Crippen LogP contribution in [0.25, 0.3) is 0 Å². The smallest absolute Gasteiger partial charge is 0.00411 e. The predicted octanol–water partition coefficient (Wildman–Crippen LogP) is 2.28. The minimum atomic E-state index is 0. The van der Waals surface area contributed by atoms with Gasteiger partial charge in [-0.3, -0.25) is 9.60 Å². The zero-order valence-electron chi connectivity index (χ0n) is 7.72. The van der Waals surface area contributed by atoms with Gasteiger partial charge in [0, 0.05) is 12.1 Å². The van der Waals surface area contributed by atoms with Crippen molar-refractivity contribution in [2.75, 3.05) is 6.54 Å². The number of rotatable bonds is 3. The zero-order valence-corrected chi connectivity index (χ0v) is 7.72. The first-order chi connectivity index (χ1) is 4.09. The van der Waals surface area contributed by atoms with Crippen LogP contribution < -0.4 is 0 Å². The van der Waals surface area contributed by atoms with Crippen molar-refractivity contribution in [3.63, 3.8) is 0 Å². The molecule has 0 atom stereocenters. The van der Waals surface area contributed by atoms with E-state index in [9.17, 15) is 0 Å². The molecule has 0 aliphatic carbocycles. The van der Waals surface area contributed by atoms with Gasteiger partial charge in [0.15, 0.2) is 0 Å². The summed E-state index contributed by atoms with van der Waals surface area (Å²) in [5.74, 6) is 0. The summed E-state index contributed by atoms with van der Waals surface area (Å²) in [6, 6.07) is 1.38. The molecule has 64 valence electrons. The molecule has 0 saturated heterocycles. The van der Waals surface area contributed by atoms with Gasteiger partial charge in [0.05, 0.1) is 0 Å². The van der Waals surface area contributed by atoms with Crippen molar-refractivity contribution >= 4 is 0 Å². The number of nitrogens with zero attached hydrogens (tertiary/aromatic N) is 1. The first-order valence-corrected chi connectivity index (χ1v) is 3.85. The molecule has 0 saturated carbocycles. The second-order valence-electron chi connectivity index (χ2n) is 3.02. The van der Waals surface area contributed by atoms with Gasteiger partial charge >= 0.3 is 0 Å². The molecule has 1 nitrogen and oxygen atoms in total. The van der Waals surface area contributed by atoms with Gasteiger partial charge in [-0.05, 0) is 34.2 Å². The Kier molecular flexibility index (Phi) is 7.10. The Morgan fingerprint density at radius 1 is 1.00 bits per heavy atom. The van der Waals surface area contributed by atoms with E-state index in [0.717, 1.165) is 6.54 Å². The van der Waals surface area contributed by atoms with Crippen molar-refractivity contribution in [2.45, 2.75) is 46.7 Å². The quantitative estimate of drug-likeness (QED) is 0.595. The van der Waals surface area contributed by atoms with Crippen molar-refractivity contribution in [2.24, 2.45) is 0 Å². The van der Waals surface area contributed by atoms with Crippen LogP contribution in [0.4, 0.5) is 4.70 Å². The SMILES string of the molecule is CCN(C(C)C)C(C)C.F. The van der Waals surface area contributed by atoms with Gasteiger partial charge in [-0.25, -0.2) is 0 Å². The van der Waals surface area contributed by atoms with E-state index >= 15 is 0 Å². The molecule has 0 amide bonds. The van der Waals surface area contributed by atoms with Gasteiger partial charge < -0.3 is 0 Å². The third-order valence-electron chi connectivity index (χ3n) is 1.69. The molecule has 0 unspecified atom stereocenters. The fourth-order valence-corrected chi connectivity index (χ4v) is 1.33. The van der Waals surface area contributed by atoms with E-state index in [-0.39, 0.29) is 4.70 Å². The largest absolute Gasteiger partial charge is 0.299 e. The Morgan fingerprint density at radius 2 is 1.30 bits per heavy atom. The molecule has 0 aromatic heterocycles. The Hall–Kier alpha value is -0.110. The van der Waals surface area contributed by atoms with E-state index in [1.54, 1.807) is 0 Å². The van der Waals surface area contributed by atoms with Gasteiger partial charge in [0.2, 0.25) is 0 Å². The molecule has 10 heavy (non-hydrogen) atoms. The average molecular weight is 149 g/mol. The lowest BCUT2D eigenvalue weighted by atomic mass is 10.2. The number of hydrogen-bond donors (Lipinski definition) is 0. The summed E-state index contributed by atoms with van der Waals surface area (Å²) in [5, 5.41) is 0. The van der Waals surface area contributed by atoms with Gasteiger partial charge in [0.25, 0.3) is 0 Å². The summed E-state index contributed by atoms with van der Waals surface area (Å²) < 4.78 is 0. The normalized spacial score (nSPS) is 10.8. The van der Waals surface area contributed by atoms with Gasteiger partial charge in [-0.15, -0.1) is 0 Å². The predicted molar refractivity (Wildman–Crippen MR) is 45.2 cm³/mol. The van der Waals surface area contributed by atoms with E-state index in [1.165, 1.54) is 0 Å². The third-order valence-corrected chi connectivity index (χ3v) is 1.69. The molecule has 0 fully saturated rings. The van der Waals surface area contributed by atoms with E-state index in [4.69, 9.17) is 0 Å². The molecule has 0 heterocycles. The average Bonchev–Trinajstić information content (AvgIpc) is 1.64. The summed E-state index contributed by atoms with van der Waals surface area (Å²) in [6.07, 6.45) is 0. The van der Waals surface area contributed by atoms with Crippen molar-refractivity contribution in [1.82, 2.24) is 4.90 Å². The highest BCUT2D eigenvalue weighted by Gasteiger charge is 2.08. The third kappa shape index (κ3) is 3.83. The van der Waals surface area contributed by atoms with Crippen LogP contribution in [0.2, 0.25) is 0 Å². The maximum Gasteiger partial charge on any atom is 0.00411 e. The highest BCUT2D eigenvalue weighted by atomic mass is 19.0. The van der Waals surface area contributed by atoms with E-state index in [2.05, 4.69) is 39.5 Å². The lowest BCUT2D eigenvalue weighted by Crippen LogP contribution is -2.36. The van der Waals surface area contributed by atoms with Crippen LogP contribution >= 0.6 is 0 Å². The molecular formula is C8H20FN. The molecule has 0 rings (SSSR count). The molecule has 0 aliphatic heterocycles. The fraction of sp³-hybridized carbons (Fsp3) is 1.00. The Labute approximate surface area is 63.8 Å². The minimum absolute atomic E-state index is 0. The van der Waals surface area contributed by atoms with Crippen LogP contribution in [0.5, 0.6) is 0 Å². The first-order valence-electron chi connectivity index (χ1n) is 3.85. The van der Waals surface area contributed by atoms with E-state index < -0.39 is 0 Å². The van der Waals surface area contributed by atoms with Gasteiger partial charge in [0.1, 0.15) is 0 Å². The summed E-state index contributed by atoms with van der Waals surface area (Å²) in [7, 11) is 0. The Bertz CT molecular complexity index is 63.7.